The van der Waals surface area contributed by atoms with Crippen molar-refractivity contribution < 1.29 is 19.1 Å². The second kappa shape index (κ2) is 10.6. The van der Waals surface area contributed by atoms with E-state index in [4.69, 9.17) is 14.6 Å². The van der Waals surface area contributed by atoms with E-state index in [1.165, 1.54) is 4.68 Å². The van der Waals surface area contributed by atoms with E-state index in [9.17, 15) is 14.4 Å². The van der Waals surface area contributed by atoms with E-state index in [1.807, 2.05) is 50.2 Å². The molecule has 0 atom stereocenters. The maximum Gasteiger partial charge on any atom is 0.272 e. The number of aromatic nitrogens is 2. The molecular formula is C31H29N3O5. The minimum Gasteiger partial charge on any atom is -0.497 e. The SMILES string of the molecule is COc1ccc(-c2nn(CC(C)C)c(=O)c(CN3C(=O)c4ccccc4C3=O)c2-c2ccc(OC)cc2)cc1. The summed E-state index contributed by atoms with van der Waals surface area (Å²) in [4.78, 5) is 41.7. The lowest BCUT2D eigenvalue weighted by Gasteiger charge is -2.21. The van der Waals surface area contributed by atoms with Crippen LogP contribution in [0.4, 0.5) is 0 Å². The Bertz CT molecular complexity index is 1570. The van der Waals surface area contributed by atoms with Crippen LogP contribution in [0.2, 0.25) is 0 Å². The van der Waals surface area contributed by atoms with Gasteiger partial charge in [0, 0.05) is 23.2 Å². The predicted octanol–water partition coefficient (Wildman–Crippen LogP) is 5.05. The molecular weight excluding hydrogens is 494 g/mol. The molecule has 4 aromatic rings. The predicted molar refractivity (Wildman–Crippen MR) is 148 cm³/mol. The van der Waals surface area contributed by atoms with Crippen LogP contribution in [0.15, 0.2) is 77.6 Å². The lowest BCUT2D eigenvalue weighted by molar-refractivity contribution is 0.0641. The summed E-state index contributed by atoms with van der Waals surface area (Å²) in [5.41, 5.74) is 3.25. The summed E-state index contributed by atoms with van der Waals surface area (Å²) in [6.07, 6.45) is 0. The van der Waals surface area contributed by atoms with E-state index in [2.05, 4.69) is 0 Å². The van der Waals surface area contributed by atoms with Gasteiger partial charge in [-0.15, -0.1) is 0 Å². The number of carbonyl (C=O) groups excluding carboxylic acids is 2. The highest BCUT2D eigenvalue weighted by Gasteiger charge is 2.36. The van der Waals surface area contributed by atoms with Gasteiger partial charge in [-0.3, -0.25) is 19.3 Å². The van der Waals surface area contributed by atoms with Gasteiger partial charge in [-0.25, -0.2) is 4.68 Å². The zero-order chi connectivity index (χ0) is 27.7. The van der Waals surface area contributed by atoms with E-state index in [0.717, 1.165) is 16.0 Å². The highest BCUT2D eigenvalue weighted by Crippen LogP contribution is 2.35. The van der Waals surface area contributed by atoms with Crippen LogP contribution < -0.4 is 15.0 Å². The Labute approximate surface area is 226 Å². The number of methoxy groups -OCH3 is 2. The van der Waals surface area contributed by atoms with Gasteiger partial charge in [0.15, 0.2) is 0 Å². The van der Waals surface area contributed by atoms with Crippen molar-refractivity contribution in [3.05, 3.63) is 99.8 Å². The Morgan fingerprint density at radius 2 is 1.26 bits per heavy atom. The molecule has 3 aromatic carbocycles. The smallest absolute Gasteiger partial charge is 0.272 e. The first-order valence-electron chi connectivity index (χ1n) is 12.7. The van der Waals surface area contributed by atoms with Crippen LogP contribution in [0.25, 0.3) is 22.4 Å². The zero-order valence-electron chi connectivity index (χ0n) is 22.3. The van der Waals surface area contributed by atoms with Crippen LogP contribution in [0.5, 0.6) is 11.5 Å². The molecule has 1 aromatic heterocycles. The van der Waals surface area contributed by atoms with Crippen LogP contribution in [0.1, 0.15) is 40.1 Å². The van der Waals surface area contributed by atoms with Gasteiger partial charge >= 0.3 is 0 Å². The van der Waals surface area contributed by atoms with E-state index < -0.39 is 11.8 Å². The second-order valence-electron chi connectivity index (χ2n) is 9.78. The third kappa shape index (κ3) is 4.81. The monoisotopic (exact) mass is 523 g/mol. The van der Waals surface area contributed by atoms with Crippen molar-refractivity contribution >= 4 is 11.8 Å². The Balaban J connectivity index is 1.75. The van der Waals surface area contributed by atoms with Crippen LogP contribution in [0.3, 0.4) is 0 Å². The van der Waals surface area contributed by atoms with Crippen molar-refractivity contribution in [2.75, 3.05) is 14.2 Å². The highest BCUT2D eigenvalue weighted by atomic mass is 16.5. The minimum absolute atomic E-state index is 0.137. The van der Waals surface area contributed by atoms with Crippen molar-refractivity contribution in [2.24, 2.45) is 5.92 Å². The van der Waals surface area contributed by atoms with Gasteiger partial charge in [-0.2, -0.15) is 5.10 Å². The van der Waals surface area contributed by atoms with Gasteiger partial charge in [0.05, 0.1) is 37.6 Å². The average molecular weight is 524 g/mol. The van der Waals surface area contributed by atoms with Gasteiger partial charge in [0.1, 0.15) is 11.5 Å². The van der Waals surface area contributed by atoms with Gasteiger partial charge in [-0.1, -0.05) is 38.1 Å². The molecule has 198 valence electrons. The molecule has 5 rings (SSSR count). The fourth-order valence-electron chi connectivity index (χ4n) is 4.80. The third-order valence-electron chi connectivity index (χ3n) is 6.73. The fourth-order valence-corrected chi connectivity index (χ4v) is 4.80. The summed E-state index contributed by atoms with van der Waals surface area (Å²) in [5, 5.41) is 4.81. The standard InChI is InChI=1S/C31H29N3O5/c1-19(2)17-34-31(37)26(18-33-29(35)24-7-5-6-8-25(24)30(33)36)27(20-9-13-22(38-3)14-10-20)28(32-34)21-11-15-23(39-4)16-12-21/h5-16,19H,17-18H2,1-4H3. The molecule has 39 heavy (non-hydrogen) atoms. The van der Waals surface area contributed by atoms with Crippen LogP contribution in [-0.4, -0.2) is 40.7 Å². The molecule has 0 saturated heterocycles. The Morgan fingerprint density at radius 1 is 0.744 bits per heavy atom. The lowest BCUT2D eigenvalue weighted by atomic mass is 9.95. The highest BCUT2D eigenvalue weighted by molar-refractivity contribution is 6.21. The molecule has 0 spiro atoms. The van der Waals surface area contributed by atoms with Crippen LogP contribution in [-0.2, 0) is 13.1 Å². The summed E-state index contributed by atoms with van der Waals surface area (Å²) in [7, 11) is 3.18. The Kier molecular flexibility index (Phi) is 7.02. The second-order valence-corrected chi connectivity index (χ2v) is 9.78. The lowest BCUT2D eigenvalue weighted by Crippen LogP contribution is -2.36. The van der Waals surface area contributed by atoms with E-state index in [1.54, 1.807) is 50.6 Å². The normalized spacial score (nSPS) is 12.7. The molecule has 2 heterocycles. The fraction of sp³-hybridized carbons (Fsp3) is 0.226. The summed E-state index contributed by atoms with van der Waals surface area (Å²) >= 11 is 0. The third-order valence-corrected chi connectivity index (χ3v) is 6.73. The van der Waals surface area contributed by atoms with E-state index in [0.29, 0.717) is 46.0 Å². The Hall–Kier alpha value is -4.72. The molecule has 2 amide bonds. The molecule has 1 aliphatic rings. The molecule has 1 aliphatic heterocycles. The first-order valence-corrected chi connectivity index (χ1v) is 12.7. The molecule has 0 saturated carbocycles. The van der Waals surface area contributed by atoms with Gasteiger partial charge in [0.25, 0.3) is 17.4 Å². The van der Waals surface area contributed by atoms with Crippen molar-refractivity contribution in [1.82, 2.24) is 14.7 Å². The summed E-state index contributed by atoms with van der Waals surface area (Å²) in [6, 6.07) is 21.4. The molecule has 0 bridgehead atoms. The molecule has 0 aliphatic carbocycles. The average Bonchev–Trinajstić information content (AvgIpc) is 3.19. The molecule has 0 radical (unpaired) electrons. The van der Waals surface area contributed by atoms with Gasteiger partial charge in [0.2, 0.25) is 0 Å². The maximum atomic E-state index is 14.0. The van der Waals surface area contributed by atoms with Crippen LogP contribution >= 0.6 is 0 Å². The summed E-state index contributed by atoms with van der Waals surface area (Å²) in [5.74, 6) is 0.639. The number of nitrogens with zero attached hydrogens (tertiary/aromatic N) is 3. The number of amides is 2. The largest absolute Gasteiger partial charge is 0.497 e. The minimum atomic E-state index is -0.422. The number of carbonyl (C=O) groups is 2. The zero-order valence-corrected chi connectivity index (χ0v) is 22.3. The molecule has 0 N–H and O–H groups in total. The van der Waals surface area contributed by atoms with Crippen molar-refractivity contribution in [2.45, 2.75) is 26.9 Å². The Morgan fingerprint density at radius 3 is 1.74 bits per heavy atom. The number of benzene rings is 3. The number of hydrogen-bond donors (Lipinski definition) is 0. The maximum absolute atomic E-state index is 14.0. The topological polar surface area (TPSA) is 90.7 Å². The number of ether oxygens (including phenoxy) is 2. The van der Waals surface area contributed by atoms with Crippen molar-refractivity contribution in [1.29, 1.82) is 0 Å². The molecule has 0 fully saturated rings. The first kappa shape index (κ1) is 25.9. The number of hydrogen-bond acceptors (Lipinski definition) is 6. The first-order chi connectivity index (χ1) is 18.8. The summed E-state index contributed by atoms with van der Waals surface area (Å²) in [6.45, 7) is 4.20. The number of imide groups is 1. The van der Waals surface area contributed by atoms with Gasteiger partial charge < -0.3 is 9.47 Å². The van der Waals surface area contributed by atoms with Crippen molar-refractivity contribution in [3.63, 3.8) is 0 Å². The van der Waals surface area contributed by atoms with Crippen LogP contribution in [0, 0.1) is 5.92 Å². The van der Waals surface area contributed by atoms with Gasteiger partial charge in [-0.05, 0) is 60.0 Å². The molecule has 8 nitrogen and oxygen atoms in total. The quantitative estimate of drug-likeness (QED) is 0.300. The van der Waals surface area contributed by atoms with E-state index >= 15 is 0 Å². The van der Waals surface area contributed by atoms with Crippen molar-refractivity contribution in [3.8, 4) is 33.9 Å². The van der Waals surface area contributed by atoms with E-state index in [-0.39, 0.29) is 18.0 Å². The number of fused-ring (bicyclic) bond motifs is 1. The molecule has 0 unspecified atom stereocenters. The summed E-state index contributed by atoms with van der Waals surface area (Å²) < 4.78 is 12.1. The molecule has 8 heteroatoms. The number of rotatable bonds is 8.